The second-order valence-electron chi connectivity index (χ2n) is 4.83. The lowest BCUT2D eigenvalue weighted by atomic mass is 10.3. The molecule has 0 bridgehead atoms. The number of rotatable bonds is 8. The first-order valence-electron chi connectivity index (χ1n) is 7.49. The van der Waals surface area contributed by atoms with Gasteiger partial charge < -0.3 is 14.8 Å². The zero-order valence-electron chi connectivity index (χ0n) is 13.2. The van der Waals surface area contributed by atoms with Gasteiger partial charge in [0.1, 0.15) is 11.5 Å². The van der Waals surface area contributed by atoms with Crippen LogP contribution in [0.2, 0.25) is 0 Å². The summed E-state index contributed by atoms with van der Waals surface area (Å²) >= 11 is 0. The molecule has 0 heterocycles. The Morgan fingerprint density at radius 2 is 1.83 bits per heavy atom. The van der Waals surface area contributed by atoms with Crippen LogP contribution < -0.4 is 14.8 Å². The third-order valence-electron chi connectivity index (χ3n) is 3.11. The fourth-order valence-corrected chi connectivity index (χ4v) is 1.99. The van der Waals surface area contributed by atoms with Crippen molar-refractivity contribution in [3.63, 3.8) is 0 Å². The van der Waals surface area contributed by atoms with Gasteiger partial charge in [0.15, 0.2) is 0 Å². The lowest BCUT2D eigenvalue weighted by Crippen LogP contribution is -2.15. The molecule has 0 atom stereocenters. The number of nitrogens with zero attached hydrogens (tertiary/aromatic N) is 1. The van der Waals surface area contributed by atoms with E-state index >= 15 is 0 Å². The number of para-hydroxylation sites is 2. The summed E-state index contributed by atoms with van der Waals surface area (Å²) in [4.78, 5) is 22.1. The maximum absolute atomic E-state index is 12.0. The molecular weight excluding hydrogens is 312 g/mol. The second kappa shape index (κ2) is 8.52. The number of amides is 1. The summed E-state index contributed by atoms with van der Waals surface area (Å²) in [6.07, 6.45) is 0.150. The Balaban J connectivity index is 1.82. The molecule has 2 rings (SSSR count). The average Bonchev–Trinajstić information content (AvgIpc) is 2.57. The normalized spacial score (nSPS) is 10.0. The summed E-state index contributed by atoms with van der Waals surface area (Å²) in [6, 6.07) is 12.9. The smallest absolute Gasteiger partial charge is 0.269 e. The number of carbonyl (C=O) groups excluding carboxylic acids is 1. The molecule has 7 heteroatoms. The SMILES string of the molecule is CCOc1ccccc1NC(=O)CCOc1ccc([N+](=O)[O-])cc1. The number of ether oxygens (including phenoxy) is 2. The maximum atomic E-state index is 12.0. The van der Waals surface area contributed by atoms with E-state index in [1.807, 2.05) is 19.1 Å². The minimum absolute atomic E-state index is 0.00683. The molecule has 2 aromatic carbocycles. The Morgan fingerprint density at radius 1 is 1.12 bits per heavy atom. The summed E-state index contributed by atoms with van der Waals surface area (Å²) in [7, 11) is 0. The molecule has 0 radical (unpaired) electrons. The van der Waals surface area contributed by atoms with Crippen molar-refractivity contribution < 1.29 is 19.2 Å². The monoisotopic (exact) mass is 330 g/mol. The highest BCUT2D eigenvalue weighted by atomic mass is 16.6. The van der Waals surface area contributed by atoms with Crippen molar-refractivity contribution in [3.8, 4) is 11.5 Å². The van der Waals surface area contributed by atoms with Crippen LogP contribution in [0.5, 0.6) is 11.5 Å². The number of hydrogen-bond donors (Lipinski definition) is 1. The van der Waals surface area contributed by atoms with E-state index in [1.165, 1.54) is 24.3 Å². The predicted molar refractivity (Wildman–Crippen MR) is 89.4 cm³/mol. The number of nitro groups is 1. The van der Waals surface area contributed by atoms with E-state index in [4.69, 9.17) is 9.47 Å². The molecule has 1 amide bonds. The molecule has 0 aliphatic carbocycles. The summed E-state index contributed by atoms with van der Waals surface area (Å²) in [6.45, 7) is 2.55. The van der Waals surface area contributed by atoms with Gasteiger partial charge in [-0.1, -0.05) is 12.1 Å². The highest BCUT2D eigenvalue weighted by Gasteiger charge is 2.08. The number of nitrogens with one attached hydrogen (secondary N) is 1. The zero-order chi connectivity index (χ0) is 17.4. The van der Waals surface area contributed by atoms with Crippen molar-refractivity contribution in [2.24, 2.45) is 0 Å². The Labute approximate surface area is 139 Å². The van der Waals surface area contributed by atoms with Gasteiger partial charge in [-0.3, -0.25) is 14.9 Å². The van der Waals surface area contributed by atoms with Crippen LogP contribution in [0.1, 0.15) is 13.3 Å². The van der Waals surface area contributed by atoms with Crippen molar-refractivity contribution in [3.05, 3.63) is 58.6 Å². The van der Waals surface area contributed by atoms with Gasteiger partial charge in [-0.25, -0.2) is 0 Å². The van der Waals surface area contributed by atoms with Crippen LogP contribution in [0.4, 0.5) is 11.4 Å². The fraction of sp³-hybridized carbons (Fsp3) is 0.235. The molecule has 0 spiro atoms. The molecule has 0 aromatic heterocycles. The summed E-state index contributed by atoms with van der Waals surface area (Å²) < 4.78 is 10.9. The highest BCUT2D eigenvalue weighted by Crippen LogP contribution is 2.23. The molecule has 0 aliphatic heterocycles. The Hall–Kier alpha value is -3.09. The topological polar surface area (TPSA) is 90.7 Å². The number of carbonyl (C=O) groups is 1. The van der Waals surface area contributed by atoms with Crippen LogP contribution in [0.3, 0.4) is 0 Å². The molecule has 24 heavy (non-hydrogen) atoms. The van der Waals surface area contributed by atoms with E-state index in [-0.39, 0.29) is 24.6 Å². The first-order valence-corrected chi connectivity index (χ1v) is 7.49. The van der Waals surface area contributed by atoms with E-state index in [9.17, 15) is 14.9 Å². The van der Waals surface area contributed by atoms with Gasteiger partial charge in [-0.05, 0) is 31.2 Å². The predicted octanol–water partition coefficient (Wildman–Crippen LogP) is 3.40. The van der Waals surface area contributed by atoms with Gasteiger partial charge in [0.05, 0.1) is 30.2 Å². The van der Waals surface area contributed by atoms with Crippen LogP contribution in [0.15, 0.2) is 48.5 Å². The van der Waals surface area contributed by atoms with Crippen LogP contribution in [-0.2, 0) is 4.79 Å². The van der Waals surface area contributed by atoms with Gasteiger partial charge >= 0.3 is 0 Å². The van der Waals surface area contributed by atoms with Gasteiger partial charge in [0, 0.05) is 12.1 Å². The van der Waals surface area contributed by atoms with E-state index in [0.29, 0.717) is 23.8 Å². The molecule has 0 aliphatic rings. The lowest BCUT2D eigenvalue weighted by Gasteiger charge is -2.11. The van der Waals surface area contributed by atoms with E-state index < -0.39 is 4.92 Å². The largest absolute Gasteiger partial charge is 0.493 e. The van der Waals surface area contributed by atoms with Crippen LogP contribution >= 0.6 is 0 Å². The van der Waals surface area contributed by atoms with Gasteiger partial charge in [-0.2, -0.15) is 0 Å². The lowest BCUT2D eigenvalue weighted by molar-refractivity contribution is -0.384. The van der Waals surface area contributed by atoms with Crippen molar-refractivity contribution >= 4 is 17.3 Å². The first kappa shape index (κ1) is 17.3. The van der Waals surface area contributed by atoms with Crippen molar-refractivity contribution in [1.29, 1.82) is 0 Å². The number of hydrogen-bond acceptors (Lipinski definition) is 5. The van der Waals surface area contributed by atoms with Crippen molar-refractivity contribution in [2.75, 3.05) is 18.5 Å². The van der Waals surface area contributed by atoms with Crippen LogP contribution in [0, 0.1) is 10.1 Å². The number of non-ortho nitro benzene ring substituents is 1. The van der Waals surface area contributed by atoms with Gasteiger partial charge in [-0.15, -0.1) is 0 Å². The first-order chi connectivity index (χ1) is 11.6. The average molecular weight is 330 g/mol. The summed E-state index contributed by atoms with van der Waals surface area (Å²) in [5, 5.41) is 13.3. The molecule has 2 aromatic rings. The van der Waals surface area contributed by atoms with Gasteiger partial charge in [0.25, 0.3) is 5.69 Å². The van der Waals surface area contributed by atoms with Crippen molar-refractivity contribution in [2.45, 2.75) is 13.3 Å². The Morgan fingerprint density at radius 3 is 2.50 bits per heavy atom. The Bertz CT molecular complexity index is 700. The molecule has 126 valence electrons. The molecule has 0 fully saturated rings. The van der Waals surface area contributed by atoms with Crippen LogP contribution in [-0.4, -0.2) is 24.0 Å². The molecule has 0 saturated carbocycles. The maximum Gasteiger partial charge on any atom is 0.269 e. The number of anilines is 1. The number of benzene rings is 2. The quantitative estimate of drug-likeness (QED) is 0.592. The molecule has 7 nitrogen and oxygen atoms in total. The summed E-state index contributed by atoms with van der Waals surface area (Å²) in [5.74, 6) is 0.886. The molecule has 0 saturated heterocycles. The van der Waals surface area contributed by atoms with Crippen LogP contribution in [0.25, 0.3) is 0 Å². The van der Waals surface area contributed by atoms with E-state index in [1.54, 1.807) is 12.1 Å². The zero-order valence-corrected chi connectivity index (χ0v) is 13.2. The fourth-order valence-electron chi connectivity index (χ4n) is 1.99. The third kappa shape index (κ3) is 4.98. The summed E-state index contributed by atoms with van der Waals surface area (Å²) in [5.41, 5.74) is 0.604. The second-order valence-corrected chi connectivity index (χ2v) is 4.83. The van der Waals surface area contributed by atoms with Crippen molar-refractivity contribution in [1.82, 2.24) is 0 Å². The standard InChI is InChI=1S/C17H18N2O5/c1-2-23-16-6-4-3-5-15(16)18-17(20)11-12-24-14-9-7-13(8-10-14)19(21)22/h3-10H,2,11-12H2,1H3,(H,18,20). The molecule has 0 unspecified atom stereocenters. The third-order valence-corrected chi connectivity index (χ3v) is 3.11. The molecular formula is C17H18N2O5. The highest BCUT2D eigenvalue weighted by molar-refractivity contribution is 5.92. The molecule has 1 N–H and O–H groups in total. The minimum atomic E-state index is -0.479. The van der Waals surface area contributed by atoms with E-state index in [0.717, 1.165) is 0 Å². The number of nitro benzene ring substituents is 1. The van der Waals surface area contributed by atoms with Gasteiger partial charge in [0.2, 0.25) is 5.91 Å². The van der Waals surface area contributed by atoms with E-state index in [2.05, 4.69) is 5.32 Å². The Kier molecular flexibility index (Phi) is 6.13. The minimum Gasteiger partial charge on any atom is -0.493 e.